The SMILES string of the molecule is COc1ccc(C(O)CN2CCN(c3ccccn3)CC2)cc1Br. The third kappa shape index (κ3) is 4.06. The highest BCUT2D eigenvalue weighted by Crippen LogP contribution is 2.28. The summed E-state index contributed by atoms with van der Waals surface area (Å²) in [5.41, 5.74) is 0.898. The van der Waals surface area contributed by atoms with E-state index in [1.807, 2.05) is 42.6 Å². The van der Waals surface area contributed by atoms with Gasteiger partial charge in [0.25, 0.3) is 0 Å². The van der Waals surface area contributed by atoms with Crippen LogP contribution < -0.4 is 9.64 Å². The maximum absolute atomic E-state index is 10.5. The minimum atomic E-state index is -0.506. The molecule has 0 spiro atoms. The molecule has 1 saturated heterocycles. The van der Waals surface area contributed by atoms with Crippen molar-refractivity contribution in [2.75, 3.05) is 44.7 Å². The molecule has 2 heterocycles. The second-order valence-electron chi connectivity index (χ2n) is 5.89. The van der Waals surface area contributed by atoms with Gasteiger partial charge in [-0.05, 0) is 45.8 Å². The van der Waals surface area contributed by atoms with Crippen LogP contribution in [-0.2, 0) is 0 Å². The molecule has 0 radical (unpaired) electrons. The quantitative estimate of drug-likeness (QED) is 0.848. The van der Waals surface area contributed by atoms with E-state index in [1.54, 1.807) is 7.11 Å². The summed E-state index contributed by atoms with van der Waals surface area (Å²) in [5, 5.41) is 10.5. The van der Waals surface area contributed by atoms with Gasteiger partial charge in [-0.3, -0.25) is 4.90 Å². The number of pyridine rings is 1. The summed E-state index contributed by atoms with van der Waals surface area (Å²) in [5.74, 6) is 1.80. The Bertz CT molecular complexity index is 661. The van der Waals surface area contributed by atoms with Crippen molar-refractivity contribution in [3.8, 4) is 5.75 Å². The average molecular weight is 392 g/mol. The average Bonchev–Trinajstić information content (AvgIpc) is 2.63. The minimum Gasteiger partial charge on any atom is -0.496 e. The molecule has 5 nitrogen and oxygen atoms in total. The van der Waals surface area contributed by atoms with Crippen molar-refractivity contribution in [3.05, 3.63) is 52.6 Å². The van der Waals surface area contributed by atoms with E-state index < -0.39 is 6.10 Å². The number of aliphatic hydroxyl groups excluding tert-OH is 1. The normalized spacial score (nSPS) is 16.9. The molecule has 1 aromatic carbocycles. The molecule has 0 saturated carbocycles. The summed E-state index contributed by atoms with van der Waals surface area (Å²) >= 11 is 3.47. The van der Waals surface area contributed by atoms with Crippen LogP contribution in [0.1, 0.15) is 11.7 Å². The Labute approximate surface area is 151 Å². The van der Waals surface area contributed by atoms with Crippen LogP contribution in [0.5, 0.6) is 5.75 Å². The Morgan fingerprint density at radius 3 is 2.62 bits per heavy atom. The molecule has 1 fully saturated rings. The second-order valence-corrected chi connectivity index (χ2v) is 6.74. The van der Waals surface area contributed by atoms with Gasteiger partial charge in [-0.2, -0.15) is 0 Å². The number of nitrogens with zero attached hydrogens (tertiary/aromatic N) is 3. The number of hydrogen-bond acceptors (Lipinski definition) is 5. The number of piperazine rings is 1. The molecule has 1 N–H and O–H groups in total. The van der Waals surface area contributed by atoms with Gasteiger partial charge in [0.2, 0.25) is 0 Å². The standard InChI is InChI=1S/C18H22BrN3O2/c1-24-17-6-5-14(12-15(17)19)16(23)13-21-8-10-22(11-9-21)18-4-2-3-7-20-18/h2-7,12,16,23H,8-11,13H2,1H3. The van der Waals surface area contributed by atoms with Crippen LogP contribution in [0.4, 0.5) is 5.82 Å². The van der Waals surface area contributed by atoms with Crippen LogP contribution in [0, 0.1) is 0 Å². The van der Waals surface area contributed by atoms with E-state index in [-0.39, 0.29) is 0 Å². The van der Waals surface area contributed by atoms with Crippen molar-refractivity contribution in [1.29, 1.82) is 0 Å². The molecule has 0 bridgehead atoms. The van der Waals surface area contributed by atoms with Gasteiger partial charge >= 0.3 is 0 Å². The van der Waals surface area contributed by atoms with Gasteiger partial charge in [0.1, 0.15) is 11.6 Å². The first-order chi connectivity index (χ1) is 11.7. The summed E-state index contributed by atoms with van der Waals surface area (Å²) < 4.78 is 6.10. The number of ether oxygens (including phenoxy) is 1. The lowest BCUT2D eigenvalue weighted by atomic mass is 10.1. The monoisotopic (exact) mass is 391 g/mol. The molecule has 24 heavy (non-hydrogen) atoms. The highest BCUT2D eigenvalue weighted by atomic mass is 79.9. The lowest BCUT2D eigenvalue weighted by molar-refractivity contribution is 0.109. The lowest BCUT2D eigenvalue weighted by Crippen LogP contribution is -2.47. The molecule has 1 atom stereocenters. The highest BCUT2D eigenvalue weighted by Gasteiger charge is 2.21. The number of halogens is 1. The van der Waals surface area contributed by atoms with E-state index in [9.17, 15) is 5.11 Å². The molecule has 1 unspecified atom stereocenters. The van der Waals surface area contributed by atoms with Crippen LogP contribution in [0.15, 0.2) is 47.1 Å². The molecule has 0 amide bonds. The summed E-state index contributed by atoms with van der Waals surface area (Å²) in [6.07, 6.45) is 1.32. The first-order valence-corrected chi connectivity index (χ1v) is 8.86. The summed E-state index contributed by atoms with van der Waals surface area (Å²) in [7, 11) is 1.64. The Morgan fingerprint density at radius 1 is 1.21 bits per heavy atom. The van der Waals surface area contributed by atoms with Crippen molar-refractivity contribution in [2.24, 2.45) is 0 Å². The number of β-amino-alcohol motifs (C(OH)–C–C–N with tert-alkyl or cyclic N) is 1. The van der Waals surface area contributed by atoms with Crippen LogP contribution >= 0.6 is 15.9 Å². The Hall–Kier alpha value is -1.63. The summed E-state index contributed by atoms with van der Waals surface area (Å²) in [6.45, 7) is 4.33. The number of hydrogen-bond donors (Lipinski definition) is 1. The number of aliphatic hydroxyl groups is 1. The third-order valence-electron chi connectivity index (χ3n) is 4.34. The molecular formula is C18H22BrN3O2. The van der Waals surface area contributed by atoms with Gasteiger partial charge in [-0.1, -0.05) is 12.1 Å². The maximum atomic E-state index is 10.5. The van der Waals surface area contributed by atoms with Gasteiger partial charge in [0, 0.05) is 38.9 Å². The molecule has 1 aliphatic heterocycles. The Kier molecular flexibility index (Phi) is 5.71. The van der Waals surface area contributed by atoms with Crippen LogP contribution in [0.2, 0.25) is 0 Å². The largest absolute Gasteiger partial charge is 0.496 e. The smallest absolute Gasteiger partial charge is 0.133 e. The van der Waals surface area contributed by atoms with Gasteiger partial charge in [0.15, 0.2) is 0 Å². The Balaban J connectivity index is 1.55. The molecule has 128 valence electrons. The zero-order valence-electron chi connectivity index (χ0n) is 13.7. The van der Waals surface area contributed by atoms with E-state index in [0.29, 0.717) is 6.54 Å². The maximum Gasteiger partial charge on any atom is 0.133 e. The van der Waals surface area contributed by atoms with E-state index in [1.165, 1.54) is 0 Å². The van der Waals surface area contributed by atoms with Gasteiger partial charge in [0.05, 0.1) is 17.7 Å². The van der Waals surface area contributed by atoms with Crippen molar-refractivity contribution in [1.82, 2.24) is 9.88 Å². The fraction of sp³-hybridized carbons (Fsp3) is 0.389. The highest BCUT2D eigenvalue weighted by molar-refractivity contribution is 9.10. The van der Waals surface area contributed by atoms with E-state index in [2.05, 4.69) is 30.7 Å². The fourth-order valence-corrected chi connectivity index (χ4v) is 3.50. The number of aromatic nitrogens is 1. The molecule has 0 aliphatic carbocycles. The molecule has 1 aromatic heterocycles. The molecule has 6 heteroatoms. The van der Waals surface area contributed by atoms with Crippen LogP contribution in [0.3, 0.4) is 0 Å². The topological polar surface area (TPSA) is 48.8 Å². The molecular weight excluding hydrogens is 370 g/mol. The molecule has 2 aromatic rings. The van der Waals surface area contributed by atoms with Crippen molar-refractivity contribution >= 4 is 21.7 Å². The van der Waals surface area contributed by atoms with Crippen LogP contribution in [0.25, 0.3) is 0 Å². The van der Waals surface area contributed by atoms with Gasteiger partial charge in [-0.15, -0.1) is 0 Å². The van der Waals surface area contributed by atoms with Crippen molar-refractivity contribution < 1.29 is 9.84 Å². The Morgan fingerprint density at radius 2 is 2.00 bits per heavy atom. The predicted octanol–water partition coefficient (Wildman–Crippen LogP) is 2.71. The van der Waals surface area contributed by atoms with Crippen LogP contribution in [-0.4, -0.2) is 54.8 Å². The first kappa shape index (κ1) is 17.2. The van der Waals surface area contributed by atoms with Gasteiger partial charge in [-0.25, -0.2) is 4.98 Å². The predicted molar refractivity (Wildman–Crippen MR) is 98.5 cm³/mol. The van der Waals surface area contributed by atoms with Gasteiger partial charge < -0.3 is 14.7 Å². The second kappa shape index (κ2) is 7.96. The molecule has 1 aliphatic rings. The minimum absolute atomic E-state index is 0.506. The van der Waals surface area contributed by atoms with E-state index in [0.717, 1.165) is 47.8 Å². The van der Waals surface area contributed by atoms with Crippen molar-refractivity contribution in [3.63, 3.8) is 0 Å². The number of anilines is 1. The fourth-order valence-electron chi connectivity index (χ4n) is 2.94. The summed E-state index contributed by atoms with van der Waals surface area (Å²) in [4.78, 5) is 8.98. The van der Waals surface area contributed by atoms with Crippen molar-refractivity contribution in [2.45, 2.75) is 6.10 Å². The number of methoxy groups -OCH3 is 1. The zero-order chi connectivity index (χ0) is 16.9. The molecule has 3 rings (SSSR count). The van der Waals surface area contributed by atoms with E-state index >= 15 is 0 Å². The first-order valence-electron chi connectivity index (χ1n) is 8.07. The summed E-state index contributed by atoms with van der Waals surface area (Å²) in [6, 6.07) is 11.7. The lowest BCUT2D eigenvalue weighted by Gasteiger charge is -2.36. The van der Waals surface area contributed by atoms with E-state index in [4.69, 9.17) is 4.74 Å². The third-order valence-corrected chi connectivity index (χ3v) is 4.96. The number of benzene rings is 1. The number of rotatable bonds is 5. The zero-order valence-corrected chi connectivity index (χ0v) is 15.3.